The van der Waals surface area contributed by atoms with Crippen molar-refractivity contribution in [2.45, 2.75) is 20.0 Å². The molecule has 0 aliphatic carbocycles. The van der Waals surface area contributed by atoms with Crippen LogP contribution >= 0.6 is 11.3 Å². The highest BCUT2D eigenvalue weighted by molar-refractivity contribution is 7.13. The predicted octanol–water partition coefficient (Wildman–Crippen LogP) is 1.94. The van der Waals surface area contributed by atoms with Gasteiger partial charge in [0.1, 0.15) is 11.3 Å². The fraction of sp³-hybridized carbons (Fsp3) is 0.389. The van der Waals surface area contributed by atoms with Gasteiger partial charge in [0.25, 0.3) is 5.91 Å². The van der Waals surface area contributed by atoms with E-state index in [1.165, 1.54) is 11.3 Å². The first-order valence-corrected chi connectivity index (χ1v) is 9.58. The highest BCUT2D eigenvalue weighted by atomic mass is 32.1. The molecule has 3 aromatic heterocycles. The molecule has 4 rings (SSSR count). The summed E-state index contributed by atoms with van der Waals surface area (Å²) in [5.74, 6) is -0.0230. The number of hydrogen-bond acceptors (Lipinski definition) is 6. The third-order valence-corrected chi connectivity index (χ3v) is 5.62. The summed E-state index contributed by atoms with van der Waals surface area (Å²) < 4.78 is 1.95. The Kier molecular flexibility index (Phi) is 4.60. The van der Waals surface area contributed by atoms with Crippen LogP contribution in [-0.4, -0.2) is 56.5 Å². The van der Waals surface area contributed by atoms with Gasteiger partial charge in [0.2, 0.25) is 0 Å². The molecule has 0 radical (unpaired) electrons. The first kappa shape index (κ1) is 17.0. The molecule has 0 saturated carbocycles. The standard InChI is InChI=1S/C18H21N5O2S/c1-13-4-2-5-16-20-15(10-23(13)16)17(25)21-6-3-7-22(9-8-21)18-19-14(11-24)12-26-18/h2,4-5,10,12,24H,3,6-9,11H2,1H3. The normalized spacial score (nSPS) is 15.5. The molecule has 1 aliphatic rings. The summed E-state index contributed by atoms with van der Waals surface area (Å²) in [6.45, 7) is 4.90. The summed E-state index contributed by atoms with van der Waals surface area (Å²) in [5, 5.41) is 12.0. The zero-order valence-electron chi connectivity index (χ0n) is 14.6. The summed E-state index contributed by atoms with van der Waals surface area (Å²) in [4.78, 5) is 25.9. The lowest BCUT2D eigenvalue weighted by Gasteiger charge is -2.21. The molecule has 0 atom stereocenters. The molecule has 0 bridgehead atoms. The van der Waals surface area contributed by atoms with E-state index in [0.29, 0.717) is 24.5 Å². The number of aryl methyl sites for hydroxylation is 1. The number of fused-ring (bicyclic) bond motifs is 1. The Morgan fingerprint density at radius 2 is 2.12 bits per heavy atom. The van der Waals surface area contributed by atoms with Crippen LogP contribution in [0, 0.1) is 6.92 Å². The van der Waals surface area contributed by atoms with E-state index in [-0.39, 0.29) is 12.5 Å². The quantitative estimate of drug-likeness (QED) is 0.762. The highest BCUT2D eigenvalue weighted by Gasteiger charge is 2.23. The minimum Gasteiger partial charge on any atom is -0.390 e. The van der Waals surface area contributed by atoms with Crippen LogP contribution in [0.15, 0.2) is 29.8 Å². The summed E-state index contributed by atoms with van der Waals surface area (Å²) in [6, 6.07) is 5.86. The number of carbonyl (C=O) groups is 1. The van der Waals surface area contributed by atoms with Crippen molar-refractivity contribution in [3.8, 4) is 0 Å². The van der Waals surface area contributed by atoms with E-state index in [1.807, 2.05) is 46.0 Å². The van der Waals surface area contributed by atoms with Gasteiger partial charge in [-0.05, 0) is 25.5 Å². The molecule has 4 heterocycles. The molecule has 1 fully saturated rings. The molecule has 26 heavy (non-hydrogen) atoms. The molecule has 0 unspecified atom stereocenters. The van der Waals surface area contributed by atoms with Crippen LogP contribution in [0.4, 0.5) is 5.13 Å². The fourth-order valence-electron chi connectivity index (χ4n) is 3.24. The predicted molar refractivity (Wildman–Crippen MR) is 101 cm³/mol. The van der Waals surface area contributed by atoms with Crippen molar-refractivity contribution in [2.24, 2.45) is 0 Å². The Bertz CT molecular complexity index is 935. The number of thiazole rings is 1. The van der Waals surface area contributed by atoms with Gasteiger partial charge in [0, 0.05) is 43.4 Å². The maximum absolute atomic E-state index is 12.9. The van der Waals surface area contributed by atoms with Crippen LogP contribution in [0.1, 0.15) is 28.3 Å². The first-order valence-electron chi connectivity index (χ1n) is 8.70. The van der Waals surface area contributed by atoms with Crippen molar-refractivity contribution in [1.82, 2.24) is 19.3 Å². The number of imidazole rings is 1. The molecule has 1 saturated heterocycles. The highest BCUT2D eigenvalue weighted by Crippen LogP contribution is 2.22. The average molecular weight is 371 g/mol. The zero-order valence-corrected chi connectivity index (χ0v) is 15.4. The van der Waals surface area contributed by atoms with Gasteiger partial charge in [-0.3, -0.25) is 4.79 Å². The van der Waals surface area contributed by atoms with E-state index in [0.717, 1.165) is 36.0 Å². The molecule has 136 valence electrons. The lowest BCUT2D eigenvalue weighted by atomic mass is 10.3. The second-order valence-electron chi connectivity index (χ2n) is 6.43. The first-order chi connectivity index (χ1) is 12.7. The van der Waals surface area contributed by atoms with Gasteiger partial charge in [-0.25, -0.2) is 9.97 Å². The van der Waals surface area contributed by atoms with Crippen LogP contribution in [0.5, 0.6) is 0 Å². The van der Waals surface area contributed by atoms with Gasteiger partial charge in [-0.2, -0.15) is 0 Å². The molecule has 0 spiro atoms. The van der Waals surface area contributed by atoms with E-state index < -0.39 is 0 Å². The Hall–Kier alpha value is -2.45. The van der Waals surface area contributed by atoms with Crippen molar-refractivity contribution in [1.29, 1.82) is 0 Å². The number of rotatable bonds is 3. The molecular formula is C18H21N5O2S. The SMILES string of the molecule is Cc1cccc2nc(C(=O)N3CCCN(c4nc(CO)cs4)CC3)cn12. The van der Waals surface area contributed by atoms with Crippen LogP contribution in [0.3, 0.4) is 0 Å². The molecular weight excluding hydrogens is 350 g/mol. The van der Waals surface area contributed by atoms with Gasteiger partial charge in [0.05, 0.1) is 12.3 Å². The maximum atomic E-state index is 12.9. The lowest BCUT2D eigenvalue weighted by molar-refractivity contribution is 0.0762. The van der Waals surface area contributed by atoms with Gasteiger partial charge < -0.3 is 19.3 Å². The number of anilines is 1. The maximum Gasteiger partial charge on any atom is 0.274 e. The van der Waals surface area contributed by atoms with Crippen molar-refractivity contribution in [3.05, 3.63) is 46.9 Å². The smallest absolute Gasteiger partial charge is 0.274 e. The molecule has 1 aliphatic heterocycles. The molecule has 1 N–H and O–H groups in total. The summed E-state index contributed by atoms with van der Waals surface area (Å²) in [6.07, 6.45) is 2.70. The number of pyridine rings is 1. The third-order valence-electron chi connectivity index (χ3n) is 4.67. The van der Waals surface area contributed by atoms with E-state index >= 15 is 0 Å². The summed E-state index contributed by atoms with van der Waals surface area (Å²) in [7, 11) is 0. The van der Waals surface area contributed by atoms with Crippen molar-refractivity contribution in [2.75, 3.05) is 31.1 Å². The van der Waals surface area contributed by atoms with E-state index in [1.54, 1.807) is 0 Å². The zero-order chi connectivity index (χ0) is 18.1. The number of carbonyl (C=O) groups excluding carboxylic acids is 1. The second kappa shape index (κ2) is 7.05. The Balaban J connectivity index is 1.49. The monoisotopic (exact) mass is 371 g/mol. The number of aliphatic hydroxyl groups is 1. The van der Waals surface area contributed by atoms with E-state index in [4.69, 9.17) is 0 Å². The van der Waals surface area contributed by atoms with Crippen LogP contribution in [0.25, 0.3) is 5.65 Å². The average Bonchev–Trinajstić information content (AvgIpc) is 3.23. The Morgan fingerprint density at radius 3 is 2.88 bits per heavy atom. The summed E-state index contributed by atoms with van der Waals surface area (Å²) >= 11 is 1.54. The molecule has 1 amide bonds. The number of aromatic nitrogens is 3. The van der Waals surface area contributed by atoms with Crippen molar-refractivity contribution in [3.63, 3.8) is 0 Å². The Labute approximate surface area is 155 Å². The minimum absolute atomic E-state index is 0.0230. The molecule has 7 nitrogen and oxygen atoms in total. The fourth-order valence-corrected chi connectivity index (χ4v) is 4.11. The largest absolute Gasteiger partial charge is 0.390 e. The summed E-state index contributed by atoms with van der Waals surface area (Å²) in [5.41, 5.74) is 3.04. The van der Waals surface area contributed by atoms with Crippen LogP contribution in [0.2, 0.25) is 0 Å². The van der Waals surface area contributed by atoms with Crippen LogP contribution < -0.4 is 4.90 Å². The van der Waals surface area contributed by atoms with Crippen LogP contribution in [-0.2, 0) is 6.61 Å². The van der Waals surface area contributed by atoms with Crippen molar-refractivity contribution >= 4 is 28.0 Å². The molecule has 0 aromatic carbocycles. The van der Waals surface area contributed by atoms with Gasteiger partial charge in [-0.1, -0.05) is 6.07 Å². The molecule has 8 heteroatoms. The third kappa shape index (κ3) is 3.17. The van der Waals surface area contributed by atoms with E-state index in [9.17, 15) is 9.90 Å². The topological polar surface area (TPSA) is 74.0 Å². The minimum atomic E-state index is -0.0394. The van der Waals surface area contributed by atoms with Crippen molar-refractivity contribution < 1.29 is 9.90 Å². The molecule has 3 aromatic rings. The van der Waals surface area contributed by atoms with Gasteiger partial charge in [-0.15, -0.1) is 11.3 Å². The number of nitrogens with zero attached hydrogens (tertiary/aromatic N) is 5. The van der Waals surface area contributed by atoms with Gasteiger partial charge in [0.15, 0.2) is 5.13 Å². The number of amides is 1. The number of aliphatic hydroxyl groups excluding tert-OH is 1. The van der Waals surface area contributed by atoms with Gasteiger partial charge >= 0.3 is 0 Å². The lowest BCUT2D eigenvalue weighted by Crippen LogP contribution is -2.35. The number of hydrogen-bond donors (Lipinski definition) is 1. The second-order valence-corrected chi connectivity index (χ2v) is 7.27. The van der Waals surface area contributed by atoms with E-state index in [2.05, 4.69) is 14.9 Å². The Morgan fingerprint density at radius 1 is 1.23 bits per heavy atom.